The molecule has 2 rings (SSSR count). The number of esters is 1. The molecule has 7 nitrogen and oxygen atoms in total. The van der Waals surface area contributed by atoms with E-state index in [0.717, 1.165) is 6.42 Å². The van der Waals surface area contributed by atoms with Gasteiger partial charge in [0.05, 0.1) is 6.61 Å². The van der Waals surface area contributed by atoms with Gasteiger partial charge in [-0.15, -0.1) is 0 Å². The van der Waals surface area contributed by atoms with Gasteiger partial charge in [-0.05, 0) is 50.2 Å². The summed E-state index contributed by atoms with van der Waals surface area (Å²) in [6, 6.07) is 3.02. The molecular weight excluding hydrogens is 376 g/mol. The minimum atomic E-state index is -0.970. The first-order valence-corrected chi connectivity index (χ1v) is 10.0. The van der Waals surface area contributed by atoms with Crippen molar-refractivity contribution in [3.05, 3.63) is 23.3 Å². The van der Waals surface area contributed by atoms with Crippen LogP contribution in [0.25, 0.3) is 0 Å². The quantitative estimate of drug-likeness (QED) is 0.609. The van der Waals surface area contributed by atoms with Crippen molar-refractivity contribution in [3.63, 3.8) is 0 Å². The molecule has 1 aliphatic heterocycles. The summed E-state index contributed by atoms with van der Waals surface area (Å²) in [5.74, 6) is -3.09. The van der Waals surface area contributed by atoms with Crippen molar-refractivity contribution in [2.45, 2.75) is 65.4 Å². The third-order valence-electron chi connectivity index (χ3n) is 5.13. The van der Waals surface area contributed by atoms with E-state index in [1.54, 1.807) is 19.9 Å². The van der Waals surface area contributed by atoms with Crippen molar-refractivity contribution in [1.82, 2.24) is 0 Å². The lowest BCUT2D eigenvalue weighted by molar-refractivity contribution is -0.144. The third kappa shape index (κ3) is 5.89. The standard InChI is InChI=1S/C22H28O7/c1-4-10-28-16-11-15-6-5-7-17(23)21(26)18(24)9-8-13(2)14(3)29-22(27)20(15)19(25)12-16/h11-14,25H,4-10H2,1-3H3/t13-,14+/m1/s1. The molecule has 0 radical (unpaired) electrons. The summed E-state index contributed by atoms with van der Waals surface area (Å²) in [7, 11) is 0. The predicted molar refractivity (Wildman–Crippen MR) is 105 cm³/mol. The molecule has 0 spiro atoms. The van der Waals surface area contributed by atoms with Crippen LogP contribution < -0.4 is 4.74 Å². The Balaban J connectivity index is 2.38. The molecule has 1 N–H and O–H groups in total. The van der Waals surface area contributed by atoms with E-state index in [0.29, 0.717) is 24.3 Å². The molecule has 1 aromatic rings. The van der Waals surface area contributed by atoms with E-state index < -0.39 is 29.4 Å². The van der Waals surface area contributed by atoms with Gasteiger partial charge in [0.2, 0.25) is 11.6 Å². The second-order valence-electron chi connectivity index (χ2n) is 7.48. The predicted octanol–water partition coefficient (Wildman–Crippen LogP) is 3.19. The molecule has 0 saturated heterocycles. The van der Waals surface area contributed by atoms with Gasteiger partial charge < -0.3 is 14.6 Å². The van der Waals surface area contributed by atoms with Crippen LogP contribution in [0.5, 0.6) is 11.5 Å². The number of Topliss-reactive ketones (excluding diaryl/α,β-unsaturated/α-hetero) is 3. The SMILES string of the molecule is CCCOc1cc(O)c2c(c1)CCCC(=O)C(=O)C(=O)CC[C@@H](C)[C@H](C)OC2=O. The number of aromatic hydroxyl groups is 1. The number of benzene rings is 1. The average molecular weight is 404 g/mol. The zero-order valence-corrected chi connectivity index (χ0v) is 17.2. The van der Waals surface area contributed by atoms with E-state index in [-0.39, 0.29) is 42.9 Å². The highest BCUT2D eigenvalue weighted by molar-refractivity contribution is 6.63. The van der Waals surface area contributed by atoms with E-state index in [4.69, 9.17) is 9.47 Å². The molecular formula is C22H28O7. The van der Waals surface area contributed by atoms with Crippen LogP contribution in [0.15, 0.2) is 12.1 Å². The highest BCUT2D eigenvalue weighted by Gasteiger charge is 2.27. The molecule has 0 saturated carbocycles. The number of carbonyl (C=O) groups excluding carboxylic acids is 4. The summed E-state index contributed by atoms with van der Waals surface area (Å²) < 4.78 is 11.1. The molecule has 158 valence electrons. The first-order valence-electron chi connectivity index (χ1n) is 10.0. The summed E-state index contributed by atoms with van der Waals surface area (Å²) in [5, 5.41) is 10.4. The van der Waals surface area contributed by atoms with Crippen LogP contribution in [0.2, 0.25) is 0 Å². The fraction of sp³-hybridized carbons (Fsp3) is 0.545. The molecule has 2 atom stereocenters. The molecule has 1 aromatic carbocycles. The molecule has 0 bridgehead atoms. The molecule has 29 heavy (non-hydrogen) atoms. The first kappa shape index (κ1) is 22.6. The van der Waals surface area contributed by atoms with Crippen LogP contribution in [0.3, 0.4) is 0 Å². The van der Waals surface area contributed by atoms with Crippen molar-refractivity contribution in [2.75, 3.05) is 6.61 Å². The average Bonchev–Trinajstić information content (AvgIpc) is 2.68. The minimum absolute atomic E-state index is 0.0415. The number of ether oxygens (including phenoxy) is 2. The van der Waals surface area contributed by atoms with E-state index >= 15 is 0 Å². The monoisotopic (exact) mass is 404 g/mol. The van der Waals surface area contributed by atoms with E-state index in [1.807, 2.05) is 6.92 Å². The summed E-state index contributed by atoms with van der Waals surface area (Å²) in [4.78, 5) is 48.8. The third-order valence-corrected chi connectivity index (χ3v) is 5.13. The van der Waals surface area contributed by atoms with E-state index in [2.05, 4.69) is 0 Å². The number of phenols is 1. The van der Waals surface area contributed by atoms with Gasteiger partial charge >= 0.3 is 5.97 Å². The van der Waals surface area contributed by atoms with Gasteiger partial charge in [-0.25, -0.2) is 4.79 Å². The zero-order valence-electron chi connectivity index (χ0n) is 17.2. The van der Waals surface area contributed by atoms with Gasteiger partial charge in [0.1, 0.15) is 23.2 Å². The molecule has 0 amide bonds. The van der Waals surface area contributed by atoms with Gasteiger partial charge in [-0.1, -0.05) is 13.8 Å². The largest absolute Gasteiger partial charge is 0.507 e. The molecule has 7 heteroatoms. The number of fused-ring (bicyclic) bond motifs is 1. The number of ketones is 3. The lowest BCUT2D eigenvalue weighted by atomic mass is 9.94. The number of aryl methyl sites for hydroxylation is 1. The van der Waals surface area contributed by atoms with Crippen LogP contribution in [-0.2, 0) is 25.5 Å². The topological polar surface area (TPSA) is 107 Å². The Kier molecular flexibility index (Phi) is 7.93. The molecule has 0 aromatic heterocycles. The number of phenolic OH excluding ortho intramolecular Hbond substituents is 1. The molecule has 0 fully saturated rings. The Morgan fingerprint density at radius 3 is 2.45 bits per heavy atom. The van der Waals surface area contributed by atoms with Gasteiger partial charge in [0, 0.05) is 18.9 Å². The number of hydrogen-bond acceptors (Lipinski definition) is 7. The number of rotatable bonds is 3. The van der Waals surface area contributed by atoms with Crippen LogP contribution >= 0.6 is 0 Å². The Labute approximate surface area is 170 Å². The number of carbonyl (C=O) groups is 4. The lowest BCUT2D eigenvalue weighted by Gasteiger charge is -2.22. The summed E-state index contributed by atoms with van der Waals surface area (Å²) in [5.41, 5.74) is 0.518. The highest BCUT2D eigenvalue weighted by atomic mass is 16.5. The molecule has 0 aliphatic carbocycles. The smallest absolute Gasteiger partial charge is 0.342 e. The Hall–Kier alpha value is -2.70. The second kappa shape index (κ2) is 10.2. The summed E-state index contributed by atoms with van der Waals surface area (Å²) in [6.07, 6.45) is 0.889. The minimum Gasteiger partial charge on any atom is -0.507 e. The maximum Gasteiger partial charge on any atom is 0.342 e. The maximum atomic E-state index is 12.7. The fourth-order valence-corrected chi connectivity index (χ4v) is 3.15. The van der Waals surface area contributed by atoms with Gasteiger partial charge in [-0.2, -0.15) is 0 Å². The molecule has 1 heterocycles. The Morgan fingerprint density at radius 1 is 1.07 bits per heavy atom. The van der Waals surface area contributed by atoms with Crippen molar-refractivity contribution in [1.29, 1.82) is 0 Å². The van der Waals surface area contributed by atoms with Crippen molar-refractivity contribution in [3.8, 4) is 11.5 Å². The number of hydrogen-bond donors (Lipinski definition) is 1. The molecule has 0 unspecified atom stereocenters. The fourth-order valence-electron chi connectivity index (χ4n) is 3.15. The van der Waals surface area contributed by atoms with E-state index in [1.165, 1.54) is 6.07 Å². The first-order chi connectivity index (χ1) is 13.7. The van der Waals surface area contributed by atoms with Gasteiger partial charge in [0.25, 0.3) is 5.78 Å². The zero-order chi connectivity index (χ0) is 21.6. The number of cyclic esters (lactones) is 1. The van der Waals surface area contributed by atoms with Crippen molar-refractivity contribution in [2.24, 2.45) is 5.92 Å². The van der Waals surface area contributed by atoms with Crippen LogP contribution in [0.1, 0.15) is 68.8 Å². The Morgan fingerprint density at radius 2 is 1.76 bits per heavy atom. The Bertz CT molecular complexity index is 797. The van der Waals surface area contributed by atoms with Crippen LogP contribution in [0, 0.1) is 5.92 Å². The highest BCUT2D eigenvalue weighted by Crippen LogP contribution is 2.31. The van der Waals surface area contributed by atoms with Crippen LogP contribution in [-0.4, -0.2) is 41.1 Å². The van der Waals surface area contributed by atoms with Gasteiger partial charge in [-0.3, -0.25) is 14.4 Å². The maximum absolute atomic E-state index is 12.7. The molecule has 1 aliphatic rings. The van der Waals surface area contributed by atoms with Crippen molar-refractivity contribution < 1.29 is 33.8 Å². The lowest BCUT2D eigenvalue weighted by Crippen LogP contribution is -2.27. The summed E-state index contributed by atoms with van der Waals surface area (Å²) in [6.45, 7) is 5.89. The van der Waals surface area contributed by atoms with Gasteiger partial charge in [0.15, 0.2) is 0 Å². The van der Waals surface area contributed by atoms with E-state index in [9.17, 15) is 24.3 Å². The van der Waals surface area contributed by atoms with Crippen molar-refractivity contribution >= 4 is 23.3 Å². The summed E-state index contributed by atoms with van der Waals surface area (Å²) >= 11 is 0. The van der Waals surface area contributed by atoms with Crippen LogP contribution in [0.4, 0.5) is 0 Å². The second-order valence-corrected chi connectivity index (χ2v) is 7.48. The normalized spacial score (nSPS) is 21.9.